The second kappa shape index (κ2) is 3.47. The van der Waals surface area contributed by atoms with Gasteiger partial charge in [-0.25, -0.2) is 0 Å². The molecular formula is C10H13NO2. The molecule has 0 aliphatic carbocycles. The predicted molar refractivity (Wildman–Crippen MR) is 50.5 cm³/mol. The van der Waals surface area contributed by atoms with Crippen LogP contribution in [0, 0.1) is 13.8 Å². The van der Waals surface area contributed by atoms with Crippen molar-refractivity contribution in [3.05, 3.63) is 28.8 Å². The van der Waals surface area contributed by atoms with Crippen molar-refractivity contribution in [1.82, 2.24) is 0 Å². The fourth-order valence-corrected chi connectivity index (χ4v) is 1.35. The number of phenols is 1. The Morgan fingerprint density at radius 3 is 2.23 bits per heavy atom. The number of primary amides is 1. The van der Waals surface area contributed by atoms with Crippen LogP contribution in [0.1, 0.15) is 16.7 Å². The van der Waals surface area contributed by atoms with E-state index in [-0.39, 0.29) is 18.1 Å². The molecule has 3 heteroatoms. The topological polar surface area (TPSA) is 63.3 Å². The number of aromatic hydroxyl groups is 1. The van der Waals surface area contributed by atoms with Gasteiger partial charge in [-0.1, -0.05) is 12.1 Å². The number of aryl methyl sites for hydroxylation is 2. The molecule has 0 saturated heterocycles. The van der Waals surface area contributed by atoms with Gasteiger partial charge in [0.15, 0.2) is 0 Å². The molecule has 0 heterocycles. The zero-order chi connectivity index (χ0) is 10.0. The highest BCUT2D eigenvalue weighted by Gasteiger charge is 2.04. The van der Waals surface area contributed by atoms with E-state index in [0.29, 0.717) is 0 Å². The Morgan fingerprint density at radius 2 is 1.85 bits per heavy atom. The van der Waals surface area contributed by atoms with Gasteiger partial charge in [0.25, 0.3) is 0 Å². The van der Waals surface area contributed by atoms with Crippen LogP contribution in [0.3, 0.4) is 0 Å². The Balaban J connectivity index is 3.06. The van der Waals surface area contributed by atoms with E-state index >= 15 is 0 Å². The molecule has 0 unspecified atom stereocenters. The summed E-state index contributed by atoms with van der Waals surface area (Å²) < 4.78 is 0. The number of hydrogen-bond acceptors (Lipinski definition) is 2. The van der Waals surface area contributed by atoms with Gasteiger partial charge >= 0.3 is 0 Å². The Kier molecular flexibility index (Phi) is 2.56. The number of carbonyl (C=O) groups is 1. The molecule has 3 nitrogen and oxygen atoms in total. The van der Waals surface area contributed by atoms with Gasteiger partial charge in [0.2, 0.25) is 5.91 Å². The van der Waals surface area contributed by atoms with Crippen molar-refractivity contribution in [3.63, 3.8) is 0 Å². The summed E-state index contributed by atoms with van der Waals surface area (Å²) in [6.07, 6.45) is 0.224. The molecule has 0 aliphatic heterocycles. The standard InChI is InChI=1S/C10H13NO2/c1-6-3-8(5-9(11)12)4-7(2)10(6)13/h3-4,13H,5H2,1-2H3,(H2,11,12). The fourth-order valence-electron chi connectivity index (χ4n) is 1.35. The SMILES string of the molecule is Cc1cc(CC(N)=O)cc(C)c1O. The lowest BCUT2D eigenvalue weighted by Crippen LogP contribution is -2.13. The summed E-state index contributed by atoms with van der Waals surface area (Å²) in [7, 11) is 0. The summed E-state index contributed by atoms with van der Waals surface area (Å²) in [4.78, 5) is 10.6. The lowest BCUT2D eigenvalue weighted by molar-refractivity contribution is -0.117. The molecule has 0 spiro atoms. The van der Waals surface area contributed by atoms with Crippen LogP contribution in [0.2, 0.25) is 0 Å². The molecule has 0 atom stereocenters. The summed E-state index contributed by atoms with van der Waals surface area (Å²) in [5.41, 5.74) is 7.46. The largest absolute Gasteiger partial charge is 0.507 e. The number of rotatable bonds is 2. The maximum Gasteiger partial charge on any atom is 0.221 e. The highest BCUT2D eigenvalue weighted by molar-refractivity contribution is 5.76. The van der Waals surface area contributed by atoms with E-state index in [0.717, 1.165) is 16.7 Å². The molecule has 0 saturated carbocycles. The molecular weight excluding hydrogens is 166 g/mol. The molecule has 1 amide bonds. The maximum absolute atomic E-state index is 10.6. The molecule has 1 rings (SSSR count). The molecule has 0 fully saturated rings. The number of benzene rings is 1. The van der Waals surface area contributed by atoms with Gasteiger partial charge in [-0.2, -0.15) is 0 Å². The molecule has 13 heavy (non-hydrogen) atoms. The molecule has 0 bridgehead atoms. The van der Waals surface area contributed by atoms with E-state index in [1.54, 1.807) is 26.0 Å². The monoisotopic (exact) mass is 179 g/mol. The van der Waals surface area contributed by atoms with Crippen LogP contribution in [0.25, 0.3) is 0 Å². The third-order valence-corrected chi connectivity index (χ3v) is 1.93. The zero-order valence-electron chi connectivity index (χ0n) is 7.79. The maximum atomic E-state index is 10.6. The number of phenolic OH excluding ortho intramolecular Hbond substituents is 1. The highest BCUT2D eigenvalue weighted by Crippen LogP contribution is 2.22. The molecule has 70 valence electrons. The second-order valence-electron chi connectivity index (χ2n) is 3.22. The summed E-state index contributed by atoms with van der Waals surface area (Å²) in [6, 6.07) is 3.54. The first kappa shape index (κ1) is 9.58. The van der Waals surface area contributed by atoms with Crippen molar-refractivity contribution in [2.45, 2.75) is 20.3 Å². The van der Waals surface area contributed by atoms with Crippen molar-refractivity contribution >= 4 is 5.91 Å². The Labute approximate surface area is 77.2 Å². The zero-order valence-corrected chi connectivity index (χ0v) is 7.79. The first-order valence-corrected chi connectivity index (χ1v) is 4.08. The molecule has 0 aliphatic rings. The van der Waals surface area contributed by atoms with Gasteiger partial charge in [-0.05, 0) is 30.5 Å². The summed E-state index contributed by atoms with van der Waals surface area (Å²) in [5, 5.41) is 9.45. The minimum atomic E-state index is -0.357. The number of amides is 1. The van der Waals surface area contributed by atoms with Crippen LogP contribution >= 0.6 is 0 Å². The smallest absolute Gasteiger partial charge is 0.221 e. The van der Waals surface area contributed by atoms with E-state index in [4.69, 9.17) is 5.73 Å². The van der Waals surface area contributed by atoms with Gasteiger partial charge in [0.05, 0.1) is 6.42 Å². The van der Waals surface area contributed by atoms with Gasteiger partial charge in [0.1, 0.15) is 5.75 Å². The van der Waals surface area contributed by atoms with Crippen LogP contribution < -0.4 is 5.73 Å². The lowest BCUT2D eigenvalue weighted by Gasteiger charge is -2.05. The van der Waals surface area contributed by atoms with Gasteiger partial charge < -0.3 is 10.8 Å². The van der Waals surface area contributed by atoms with Crippen LogP contribution in [-0.2, 0) is 11.2 Å². The third-order valence-electron chi connectivity index (χ3n) is 1.93. The van der Waals surface area contributed by atoms with Gasteiger partial charge in [0, 0.05) is 0 Å². The van der Waals surface area contributed by atoms with Crippen molar-refractivity contribution in [1.29, 1.82) is 0 Å². The second-order valence-corrected chi connectivity index (χ2v) is 3.22. The van der Waals surface area contributed by atoms with Gasteiger partial charge in [-0.15, -0.1) is 0 Å². The first-order valence-electron chi connectivity index (χ1n) is 4.08. The van der Waals surface area contributed by atoms with E-state index in [2.05, 4.69) is 0 Å². The Hall–Kier alpha value is -1.51. The quantitative estimate of drug-likeness (QED) is 0.712. The van der Waals surface area contributed by atoms with E-state index in [1.165, 1.54) is 0 Å². The number of carbonyl (C=O) groups excluding carboxylic acids is 1. The Morgan fingerprint density at radius 1 is 1.38 bits per heavy atom. The molecule has 1 aromatic carbocycles. The minimum Gasteiger partial charge on any atom is -0.507 e. The minimum absolute atomic E-state index is 0.224. The van der Waals surface area contributed by atoms with E-state index in [9.17, 15) is 9.90 Å². The average Bonchev–Trinajstić information content (AvgIpc) is 1.98. The number of hydrogen-bond donors (Lipinski definition) is 2. The normalized spacial score (nSPS) is 10.0. The first-order chi connectivity index (χ1) is 6.00. The van der Waals surface area contributed by atoms with Crippen LogP contribution in [0.5, 0.6) is 5.75 Å². The lowest BCUT2D eigenvalue weighted by atomic mass is 10.0. The summed E-state index contributed by atoms with van der Waals surface area (Å²) >= 11 is 0. The Bertz CT molecular complexity index is 322. The number of nitrogens with two attached hydrogens (primary N) is 1. The molecule has 1 aromatic rings. The average molecular weight is 179 g/mol. The van der Waals surface area contributed by atoms with Crippen molar-refractivity contribution < 1.29 is 9.90 Å². The van der Waals surface area contributed by atoms with E-state index < -0.39 is 0 Å². The summed E-state index contributed by atoms with van der Waals surface area (Å²) in [6.45, 7) is 3.60. The highest BCUT2D eigenvalue weighted by atomic mass is 16.3. The third kappa shape index (κ3) is 2.21. The van der Waals surface area contributed by atoms with Crippen molar-refractivity contribution in [2.24, 2.45) is 5.73 Å². The molecule has 0 aromatic heterocycles. The molecule has 3 N–H and O–H groups in total. The van der Waals surface area contributed by atoms with Crippen molar-refractivity contribution in [2.75, 3.05) is 0 Å². The van der Waals surface area contributed by atoms with Crippen LogP contribution in [0.4, 0.5) is 0 Å². The predicted octanol–water partition coefficient (Wildman–Crippen LogP) is 1.04. The van der Waals surface area contributed by atoms with Crippen LogP contribution in [0.15, 0.2) is 12.1 Å². The van der Waals surface area contributed by atoms with Crippen molar-refractivity contribution in [3.8, 4) is 5.75 Å². The fraction of sp³-hybridized carbons (Fsp3) is 0.300. The summed E-state index contributed by atoms with van der Waals surface area (Å²) in [5.74, 6) is -0.0716. The van der Waals surface area contributed by atoms with Gasteiger partial charge in [-0.3, -0.25) is 4.79 Å². The molecule has 0 radical (unpaired) electrons. The van der Waals surface area contributed by atoms with Crippen LogP contribution in [-0.4, -0.2) is 11.0 Å². The van der Waals surface area contributed by atoms with E-state index in [1.807, 2.05) is 0 Å².